The van der Waals surface area contributed by atoms with Crippen molar-refractivity contribution >= 4 is 18.0 Å². The van der Waals surface area contributed by atoms with Gasteiger partial charge in [0.05, 0.1) is 19.8 Å². The van der Waals surface area contributed by atoms with Gasteiger partial charge in [0.2, 0.25) is 5.91 Å². The minimum absolute atomic E-state index is 0.208. The predicted molar refractivity (Wildman–Crippen MR) is 96.4 cm³/mol. The summed E-state index contributed by atoms with van der Waals surface area (Å²) >= 11 is 0. The second kappa shape index (κ2) is 8.68. The minimum atomic E-state index is -0.384. The van der Waals surface area contributed by atoms with E-state index < -0.39 is 0 Å². The normalized spacial score (nSPS) is 10.5. The highest BCUT2D eigenvalue weighted by Gasteiger charge is 2.05. The largest absolute Gasteiger partial charge is 0.496 e. The van der Waals surface area contributed by atoms with Gasteiger partial charge in [0.1, 0.15) is 5.75 Å². The average molecular weight is 339 g/mol. The lowest BCUT2D eigenvalue weighted by atomic mass is 10.1. The number of carbonyl (C=O) groups is 2. The van der Waals surface area contributed by atoms with Crippen molar-refractivity contribution in [3.8, 4) is 5.75 Å². The Bertz CT molecular complexity index is 779. The van der Waals surface area contributed by atoms with Gasteiger partial charge in [-0.3, -0.25) is 4.79 Å². The molecular formula is C20H21NO4. The average Bonchev–Trinajstić information content (AvgIpc) is 2.64. The molecule has 0 spiro atoms. The molecule has 0 heterocycles. The SMILES string of the molecule is COC(=O)c1ccc(CNC(=O)/C=C/c2cc(C)ccc2OC)cc1. The highest BCUT2D eigenvalue weighted by Crippen LogP contribution is 2.20. The van der Waals surface area contributed by atoms with Crippen LogP contribution in [0.15, 0.2) is 48.5 Å². The fourth-order valence-electron chi connectivity index (χ4n) is 2.27. The zero-order valence-corrected chi connectivity index (χ0v) is 14.5. The van der Waals surface area contributed by atoms with Crippen LogP contribution in [0.3, 0.4) is 0 Å². The van der Waals surface area contributed by atoms with Crippen LogP contribution in [0.1, 0.15) is 27.0 Å². The summed E-state index contributed by atoms with van der Waals surface area (Å²) in [6.45, 7) is 2.35. The third-order valence-corrected chi connectivity index (χ3v) is 3.64. The Morgan fingerprint density at radius 2 is 1.80 bits per heavy atom. The maximum absolute atomic E-state index is 12.0. The van der Waals surface area contributed by atoms with E-state index in [2.05, 4.69) is 10.1 Å². The number of benzene rings is 2. The first-order valence-electron chi connectivity index (χ1n) is 7.81. The molecule has 5 nitrogen and oxygen atoms in total. The summed E-state index contributed by atoms with van der Waals surface area (Å²) in [7, 11) is 2.94. The highest BCUT2D eigenvalue weighted by molar-refractivity contribution is 5.92. The monoisotopic (exact) mass is 339 g/mol. The summed E-state index contributed by atoms with van der Waals surface area (Å²) < 4.78 is 9.93. The lowest BCUT2D eigenvalue weighted by Gasteiger charge is -2.06. The fourth-order valence-corrected chi connectivity index (χ4v) is 2.27. The molecule has 130 valence electrons. The Morgan fingerprint density at radius 1 is 1.08 bits per heavy atom. The first-order valence-corrected chi connectivity index (χ1v) is 7.81. The Kier molecular flexibility index (Phi) is 6.34. The topological polar surface area (TPSA) is 64.6 Å². The Morgan fingerprint density at radius 3 is 2.44 bits per heavy atom. The standard InChI is InChI=1S/C20H21NO4/c1-14-4-10-18(24-2)17(12-14)9-11-19(22)21-13-15-5-7-16(8-6-15)20(23)25-3/h4-12H,13H2,1-3H3,(H,21,22)/b11-9+. The van der Waals surface area contributed by atoms with E-state index in [9.17, 15) is 9.59 Å². The van der Waals surface area contributed by atoms with Gasteiger partial charge in [-0.1, -0.05) is 23.8 Å². The van der Waals surface area contributed by atoms with Crippen molar-refractivity contribution in [1.82, 2.24) is 5.32 Å². The molecule has 0 fully saturated rings. The van der Waals surface area contributed by atoms with Crippen molar-refractivity contribution in [2.75, 3.05) is 14.2 Å². The minimum Gasteiger partial charge on any atom is -0.496 e. The van der Waals surface area contributed by atoms with Crippen LogP contribution in [0.2, 0.25) is 0 Å². The van der Waals surface area contributed by atoms with Crippen molar-refractivity contribution in [3.05, 3.63) is 70.8 Å². The molecule has 1 N–H and O–H groups in total. The van der Waals surface area contributed by atoms with Crippen molar-refractivity contribution in [3.63, 3.8) is 0 Å². The molecule has 5 heteroatoms. The van der Waals surface area contributed by atoms with Gasteiger partial charge in [-0.05, 0) is 42.8 Å². The number of methoxy groups -OCH3 is 2. The summed E-state index contributed by atoms with van der Waals surface area (Å²) in [6.07, 6.45) is 3.20. The molecule has 0 unspecified atom stereocenters. The first kappa shape index (κ1) is 18.3. The molecule has 1 amide bonds. The predicted octanol–water partition coefficient (Wildman–Crippen LogP) is 3.12. The summed E-state index contributed by atoms with van der Waals surface area (Å²) in [5.41, 5.74) is 3.30. The Labute approximate surface area is 147 Å². The second-order valence-corrected chi connectivity index (χ2v) is 5.49. The van der Waals surface area contributed by atoms with Crippen molar-refractivity contribution < 1.29 is 19.1 Å². The highest BCUT2D eigenvalue weighted by atomic mass is 16.5. The summed E-state index contributed by atoms with van der Waals surface area (Å²) in [6, 6.07) is 12.7. The van der Waals surface area contributed by atoms with Crippen LogP contribution in [-0.4, -0.2) is 26.1 Å². The molecule has 0 aliphatic rings. The maximum atomic E-state index is 12.0. The van der Waals surface area contributed by atoms with Crippen molar-refractivity contribution in [2.45, 2.75) is 13.5 Å². The number of amides is 1. The molecule has 0 atom stereocenters. The van der Waals surface area contributed by atoms with E-state index in [0.717, 1.165) is 16.7 Å². The van der Waals surface area contributed by atoms with Gasteiger partial charge in [-0.15, -0.1) is 0 Å². The third-order valence-electron chi connectivity index (χ3n) is 3.64. The molecular weight excluding hydrogens is 318 g/mol. The molecule has 0 bridgehead atoms. The molecule has 0 saturated carbocycles. The van der Waals surface area contributed by atoms with Gasteiger partial charge in [0.15, 0.2) is 0 Å². The van der Waals surface area contributed by atoms with Crippen LogP contribution >= 0.6 is 0 Å². The number of nitrogens with one attached hydrogen (secondary N) is 1. The number of hydrogen-bond donors (Lipinski definition) is 1. The summed E-state index contributed by atoms with van der Waals surface area (Å²) in [5, 5.41) is 2.80. The molecule has 0 aromatic heterocycles. The van der Waals surface area contributed by atoms with Crippen molar-refractivity contribution in [1.29, 1.82) is 0 Å². The Hall–Kier alpha value is -3.08. The van der Waals surface area contributed by atoms with Gasteiger partial charge in [0, 0.05) is 18.2 Å². The number of ether oxygens (including phenoxy) is 2. The van der Waals surface area contributed by atoms with Gasteiger partial charge in [0.25, 0.3) is 0 Å². The number of esters is 1. The second-order valence-electron chi connectivity index (χ2n) is 5.49. The number of carbonyl (C=O) groups excluding carboxylic acids is 2. The van der Waals surface area contributed by atoms with E-state index in [1.54, 1.807) is 37.5 Å². The van der Waals surface area contributed by atoms with E-state index in [0.29, 0.717) is 17.9 Å². The number of aryl methyl sites for hydroxylation is 1. The molecule has 0 aliphatic carbocycles. The maximum Gasteiger partial charge on any atom is 0.337 e. The van der Waals surface area contributed by atoms with Gasteiger partial charge in [-0.2, -0.15) is 0 Å². The molecule has 2 aromatic carbocycles. The molecule has 0 saturated heterocycles. The van der Waals surface area contributed by atoms with Crippen LogP contribution in [0.5, 0.6) is 5.75 Å². The summed E-state index contributed by atoms with van der Waals surface area (Å²) in [4.78, 5) is 23.4. The van der Waals surface area contributed by atoms with E-state index in [-0.39, 0.29) is 11.9 Å². The third kappa shape index (κ3) is 5.21. The van der Waals surface area contributed by atoms with Crippen LogP contribution < -0.4 is 10.1 Å². The van der Waals surface area contributed by atoms with Crippen LogP contribution in [0.25, 0.3) is 6.08 Å². The lowest BCUT2D eigenvalue weighted by Crippen LogP contribution is -2.20. The molecule has 0 aliphatic heterocycles. The van der Waals surface area contributed by atoms with E-state index in [1.165, 1.54) is 13.2 Å². The van der Waals surface area contributed by atoms with Crippen molar-refractivity contribution in [2.24, 2.45) is 0 Å². The van der Waals surface area contributed by atoms with Gasteiger partial charge in [-0.25, -0.2) is 4.79 Å². The number of rotatable bonds is 6. The van der Waals surface area contributed by atoms with Gasteiger partial charge < -0.3 is 14.8 Å². The summed E-state index contributed by atoms with van der Waals surface area (Å²) in [5.74, 6) is 0.124. The van der Waals surface area contributed by atoms with Crippen LogP contribution in [0.4, 0.5) is 0 Å². The molecule has 2 rings (SSSR count). The van der Waals surface area contributed by atoms with Crippen LogP contribution in [-0.2, 0) is 16.1 Å². The number of hydrogen-bond acceptors (Lipinski definition) is 4. The molecule has 25 heavy (non-hydrogen) atoms. The zero-order chi connectivity index (χ0) is 18.2. The zero-order valence-electron chi connectivity index (χ0n) is 14.5. The van der Waals surface area contributed by atoms with Crippen LogP contribution in [0, 0.1) is 6.92 Å². The molecule has 0 radical (unpaired) electrons. The fraction of sp³-hybridized carbons (Fsp3) is 0.200. The van der Waals surface area contributed by atoms with E-state index in [1.807, 2.05) is 25.1 Å². The van der Waals surface area contributed by atoms with E-state index in [4.69, 9.17) is 4.74 Å². The smallest absolute Gasteiger partial charge is 0.337 e. The Balaban J connectivity index is 1.94. The van der Waals surface area contributed by atoms with Gasteiger partial charge >= 0.3 is 5.97 Å². The quantitative estimate of drug-likeness (QED) is 0.649. The first-order chi connectivity index (χ1) is 12.0. The van der Waals surface area contributed by atoms with E-state index >= 15 is 0 Å². The molecule has 2 aromatic rings. The lowest BCUT2D eigenvalue weighted by molar-refractivity contribution is -0.116.